The molecule has 2 heterocycles. The summed E-state index contributed by atoms with van der Waals surface area (Å²) in [4.78, 5) is 25.2. The Hall–Kier alpha value is -2.13. The van der Waals surface area contributed by atoms with Crippen molar-refractivity contribution in [1.29, 1.82) is 5.26 Å². The summed E-state index contributed by atoms with van der Waals surface area (Å²) in [6.07, 6.45) is 2.15. The number of carboxylic acid groups (broad SMARTS) is 1. The van der Waals surface area contributed by atoms with Crippen molar-refractivity contribution in [3.8, 4) is 6.07 Å². The molecule has 2 aliphatic heterocycles. The summed E-state index contributed by atoms with van der Waals surface area (Å²) in [5.74, 6) is -2.14. The molecule has 0 aromatic rings. The molecule has 2 aliphatic rings. The third-order valence-electron chi connectivity index (χ3n) is 4.19. The van der Waals surface area contributed by atoms with Crippen LogP contribution in [0.25, 0.3) is 0 Å². The fourth-order valence-corrected chi connectivity index (χ4v) is 3.36. The maximum atomic E-state index is 12.2. The number of hydrogen-bond donors (Lipinski definition) is 2. The SMILES string of the molecule is C=CCC1(C(=O)O)C(=CC#N)C[C@@H]2[C@@H]([C@@H](C)O)C(=O)N21. The van der Waals surface area contributed by atoms with Gasteiger partial charge in [0.25, 0.3) is 0 Å². The summed E-state index contributed by atoms with van der Waals surface area (Å²) in [5.41, 5.74) is -1.13. The van der Waals surface area contributed by atoms with E-state index in [1.165, 1.54) is 24.0 Å². The maximum Gasteiger partial charge on any atom is 0.334 e. The van der Waals surface area contributed by atoms with E-state index in [0.717, 1.165) is 0 Å². The first-order chi connectivity index (χ1) is 9.41. The highest BCUT2D eigenvalue weighted by Crippen LogP contribution is 2.51. The van der Waals surface area contributed by atoms with Gasteiger partial charge in [-0.25, -0.2) is 4.79 Å². The Morgan fingerprint density at radius 2 is 2.40 bits per heavy atom. The number of hydrogen-bond acceptors (Lipinski definition) is 4. The predicted molar refractivity (Wildman–Crippen MR) is 69.3 cm³/mol. The second-order valence-electron chi connectivity index (χ2n) is 5.20. The van der Waals surface area contributed by atoms with E-state index in [-0.39, 0.29) is 18.4 Å². The van der Waals surface area contributed by atoms with Crippen molar-refractivity contribution in [2.45, 2.75) is 37.5 Å². The van der Waals surface area contributed by atoms with Gasteiger partial charge in [-0.1, -0.05) is 6.08 Å². The van der Waals surface area contributed by atoms with Crippen LogP contribution in [0.2, 0.25) is 0 Å². The molecule has 0 aromatic heterocycles. The number of aliphatic hydroxyl groups is 1. The van der Waals surface area contributed by atoms with Gasteiger partial charge in [0, 0.05) is 12.5 Å². The lowest BCUT2D eigenvalue weighted by Crippen LogP contribution is -2.69. The lowest BCUT2D eigenvalue weighted by molar-refractivity contribution is -0.177. The molecule has 0 aromatic carbocycles. The highest BCUT2D eigenvalue weighted by molar-refractivity contribution is 5.97. The first-order valence-corrected chi connectivity index (χ1v) is 6.36. The van der Waals surface area contributed by atoms with Gasteiger partial charge in [0.1, 0.15) is 0 Å². The molecule has 0 bridgehead atoms. The van der Waals surface area contributed by atoms with Crippen LogP contribution in [0.1, 0.15) is 19.8 Å². The van der Waals surface area contributed by atoms with Gasteiger partial charge in [0.05, 0.1) is 24.1 Å². The number of nitrogens with zero attached hydrogens (tertiary/aromatic N) is 2. The molecule has 1 amide bonds. The number of amides is 1. The van der Waals surface area contributed by atoms with Crippen molar-refractivity contribution in [1.82, 2.24) is 4.90 Å². The molecular formula is C14H16N2O4. The highest BCUT2D eigenvalue weighted by Gasteiger charge is 2.66. The molecule has 2 fully saturated rings. The monoisotopic (exact) mass is 276 g/mol. The van der Waals surface area contributed by atoms with E-state index < -0.39 is 23.5 Å². The largest absolute Gasteiger partial charge is 0.479 e. The first kappa shape index (κ1) is 14.3. The number of nitriles is 1. The van der Waals surface area contributed by atoms with Crippen LogP contribution in [0.5, 0.6) is 0 Å². The number of fused-ring (bicyclic) bond motifs is 1. The van der Waals surface area contributed by atoms with Crippen LogP contribution in [0.4, 0.5) is 0 Å². The molecule has 106 valence electrons. The van der Waals surface area contributed by atoms with Gasteiger partial charge in [-0.3, -0.25) is 4.79 Å². The predicted octanol–water partition coefficient (Wildman–Crippen LogP) is 0.447. The van der Waals surface area contributed by atoms with Crippen molar-refractivity contribution in [2.75, 3.05) is 0 Å². The third-order valence-corrected chi connectivity index (χ3v) is 4.19. The average Bonchev–Trinajstić information content (AvgIpc) is 2.61. The molecule has 2 rings (SSSR count). The van der Waals surface area contributed by atoms with Crippen LogP contribution >= 0.6 is 0 Å². The van der Waals surface area contributed by atoms with Gasteiger partial charge in [-0.15, -0.1) is 6.58 Å². The molecule has 2 N–H and O–H groups in total. The van der Waals surface area contributed by atoms with E-state index in [9.17, 15) is 19.8 Å². The molecule has 0 spiro atoms. The fraction of sp³-hybridized carbons (Fsp3) is 0.500. The summed E-state index contributed by atoms with van der Waals surface area (Å²) >= 11 is 0. The summed E-state index contributed by atoms with van der Waals surface area (Å²) in [6, 6.07) is 1.48. The second-order valence-corrected chi connectivity index (χ2v) is 5.20. The molecule has 1 unspecified atom stereocenters. The molecule has 6 nitrogen and oxygen atoms in total. The van der Waals surface area contributed by atoms with E-state index in [4.69, 9.17) is 5.26 Å². The maximum absolute atomic E-state index is 12.2. The Bertz CT molecular complexity index is 546. The standard InChI is InChI=1S/C14H16N2O4/c1-3-5-14(13(19)20)9(4-6-15)7-10-11(8(2)17)12(18)16(10)14/h3-4,8,10-11,17H,1,5,7H2,2H3,(H,19,20)/t8-,10-,11-,14?/m1/s1. The zero-order valence-electron chi connectivity index (χ0n) is 11.1. The number of aliphatic hydroxyl groups excluding tert-OH is 1. The minimum Gasteiger partial charge on any atom is -0.479 e. The molecule has 0 aliphatic carbocycles. The van der Waals surface area contributed by atoms with E-state index in [2.05, 4.69) is 6.58 Å². The Kier molecular flexibility index (Phi) is 3.40. The Morgan fingerprint density at radius 3 is 2.85 bits per heavy atom. The molecule has 0 saturated carbocycles. The first-order valence-electron chi connectivity index (χ1n) is 6.36. The number of rotatable bonds is 4. The van der Waals surface area contributed by atoms with E-state index in [1.807, 2.05) is 6.07 Å². The Morgan fingerprint density at radius 1 is 1.75 bits per heavy atom. The number of carbonyl (C=O) groups excluding carboxylic acids is 1. The zero-order chi connectivity index (χ0) is 15.1. The topological polar surface area (TPSA) is 102 Å². The minimum absolute atomic E-state index is 0.0462. The van der Waals surface area contributed by atoms with Gasteiger partial charge in [-0.2, -0.15) is 5.26 Å². The van der Waals surface area contributed by atoms with Crippen molar-refractivity contribution < 1.29 is 19.8 Å². The van der Waals surface area contributed by atoms with Crippen molar-refractivity contribution >= 4 is 11.9 Å². The average molecular weight is 276 g/mol. The Balaban J connectivity index is 2.52. The quantitative estimate of drug-likeness (QED) is 0.441. The van der Waals surface area contributed by atoms with Crippen LogP contribution in [0, 0.1) is 17.2 Å². The van der Waals surface area contributed by atoms with E-state index >= 15 is 0 Å². The van der Waals surface area contributed by atoms with Crippen molar-refractivity contribution in [3.63, 3.8) is 0 Å². The zero-order valence-corrected chi connectivity index (χ0v) is 11.1. The normalized spacial score (nSPS) is 35.1. The molecule has 0 radical (unpaired) electrons. The van der Waals surface area contributed by atoms with Crippen LogP contribution in [-0.4, -0.2) is 44.7 Å². The van der Waals surface area contributed by atoms with Crippen LogP contribution in [-0.2, 0) is 9.59 Å². The number of allylic oxidation sites excluding steroid dienone is 1. The molecule has 2 saturated heterocycles. The number of carboxylic acids is 1. The lowest BCUT2D eigenvalue weighted by atomic mass is 9.82. The summed E-state index contributed by atoms with van der Waals surface area (Å²) in [6.45, 7) is 5.06. The fourth-order valence-electron chi connectivity index (χ4n) is 3.36. The number of aliphatic carboxylic acids is 1. The number of β-lactam (4-membered cyclic amide) rings is 1. The van der Waals surface area contributed by atoms with E-state index in [1.54, 1.807) is 0 Å². The summed E-state index contributed by atoms with van der Waals surface area (Å²) < 4.78 is 0. The van der Waals surface area contributed by atoms with Crippen LogP contribution in [0.3, 0.4) is 0 Å². The third kappa shape index (κ3) is 1.60. The molecule has 20 heavy (non-hydrogen) atoms. The van der Waals surface area contributed by atoms with Crippen LogP contribution < -0.4 is 0 Å². The van der Waals surface area contributed by atoms with Gasteiger partial charge >= 0.3 is 5.97 Å². The minimum atomic E-state index is -1.52. The number of carbonyl (C=O) groups is 2. The van der Waals surface area contributed by atoms with Gasteiger partial charge < -0.3 is 15.1 Å². The second kappa shape index (κ2) is 4.76. The van der Waals surface area contributed by atoms with E-state index in [0.29, 0.717) is 12.0 Å². The van der Waals surface area contributed by atoms with Gasteiger partial charge in [-0.05, 0) is 18.9 Å². The van der Waals surface area contributed by atoms with Gasteiger partial charge in [0.15, 0.2) is 5.54 Å². The molecule has 4 atom stereocenters. The van der Waals surface area contributed by atoms with Crippen molar-refractivity contribution in [2.24, 2.45) is 5.92 Å². The molecule has 6 heteroatoms. The van der Waals surface area contributed by atoms with Crippen LogP contribution in [0.15, 0.2) is 24.3 Å². The summed E-state index contributed by atoms with van der Waals surface area (Å²) in [7, 11) is 0. The smallest absolute Gasteiger partial charge is 0.334 e. The molecular weight excluding hydrogens is 260 g/mol. The van der Waals surface area contributed by atoms with Gasteiger partial charge in [0.2, 0.25) is 5.91 Å². The summed E-state index contributed by atoms with van der Waals surface area (Å²) in [5, 5.41) is 28.1. The Labute approximate surface area is 116 Å². The lowest BCUT2D eigenvalue weighted by Gasteiger charge is -2.50. The van der Waals surface area contributed by atoms with Crippen molar-refractivity contribution in [3.05, 3.63) is 24.3 Å². The highest BCUT2D eigenvalue weighted by atomic mass is 16.4.